The number of likely N-dealkylation sites (tertiary alicyclic amines) is 1. The van der Waals surface area contributed by atoms with E-state index in [4.69, 9.17) is 11.6 Å². The summed E-state index contributed by atoms with van der Waals surface area (Å²) in [5.74, 6) is -3.47. The number of carbonyl (C=O) groups is 3. The molecule has 2 bridgehead atoms. The molecule has 0 radical (unpaired) electrons. The fourth-order valence-corrected chi connectivity index (χ4v) is 9.13. The van der Waals surface area contributed by atoms with E-state index in [1.54, 1.807) is 30.3 Å². The van der Waals surface area contributed by atoms with Crippen LogP contribution in [0.5, 0.6) is 0 Å². The Bertz CT molecular complexity index is 948. The maximum atomic E-state index is 14.0. The molecule has 0 aromatic heterocycles. The minimum Gasteiger partial charge on any atom is -0.481 e. The predicted molar refractivity (Wildman–Crippen MR) is 123 cm³/mol. The van der Waals surface area contributed by atoms with Gasteiger partial charge in [-0.3, -0.25) is 14.4 Å². The first kappa shape index (κ1) is 22.6. The fourth-order valence-electron chi connectivity index (χ4n) is 5.29. The normalized spacial score (nSPS) is 33.5. The summed E-state index contributed by atoms with van der Waals surface area (Å²) >= 11 is 11.4. The Morgan fingerprint density at radius 1 is 1.42 bits per heavy atom. The molecule has 31 heavy (non-hydrogen) atoms. The Balaban J connectivity index is 1.82. The van der Waals surface area contributed by atoms with Gasteiger partial charge in [0.1, 0.15) is 6.04 Å². The first-order valence-electron chi connectivity index (χ1n) is 9.91. The predicted octanol–water partition coefficient (Wildman–Crippen LogP) is 2.40. The van der Waals surface area contributed by atoms with Crippen molar-refractivity contribution in [2.24, 2.45) is 11.8 Å². The average molecular weight is 530 g/mol. The number of benzene rings is 1. The lowest BCUT2D eigenvalue weighted by molar-refractivity contribution is -0.148. The molecule has 3 saturated heterocycles. The zero-order valence-electron chi connectivity index (χ0n) is 16.5. The molecule has 7 nitrogen and oxygen atoms in total. The van der Waals surface area contributed by atoms with Crippen molar-refractivity contribution in [3.8, 4) is 0 Å². The van der Waals surface area contributed by atoms with Crippen LogP contribution in [0.3, 0.4) is 0 Å². The number of fused-ring (bicyclic) bond motifs is 1. The van der Waals surface area contributed by atoms with Crippen LogP contribution < -0.4 is 4.90 Å². The Hall–Kier alpha value is -1.55. The lowest BCUT2D eigenvalue weighted by Crippen LogP contribution is -2.56. The van der Waals surface area contributed by atoms with Crippen LogP contribution in [0.1, 0.15) is 6.42 Å². The summed E-state index contributed by atoms with van der Waals surface area (Å²) in [7, 11) is 0. The largest absolute Gasteiger partial charge is 0.481 e. The monoisotopic (exact) mass is 528 g/mol. The molecule has 4 rings (SSSR count). The van der Waals surface area contributed by atoms with E-state index >= 15 is 0 Å². The minimum atomic E-state index is -1.03. The number of anilines is 1. The number of thioether (sulfide) groups is 1. The van der Waals surface area contributed by atoms with Crippen molar-refractivity contribution in [1.29, 1.82) is 0 Å². The number of para-hydroxylation sites is 1. The second-order valence-corrected chi connectivity index (χ2v) is 11.1. The fraction of sp³-hybridized carbons (Fsp3) is 0.476. The molecule has 1 aromatic rings. The molecule has 0 aliphatic carbocycles. The van der Waals surface area contributed by atoms with Gasteiger partial charge in [0, 0.05) is 23.2 Å². The van der Waals surface area contributed by atoms with E-state index in [2.05, 4.69) is 22.5 Å². The van der Waals surface area contributed by atoms with Crippen molar-refractivity contribution >= 4 is 62.8 Å². The van der Waals surface area contributed by atoms with Crippen molar-refractivity contribution in [3.05, 3.63) is 41.9 Å². The molecule has 3 fully saturated rings. The van der Waals surface area contributed by atoms with E-state index in [-0.39, 0.29) is 41.6 Å². The van der Waals surface area contributed by atoms with Crippen LogP contribution in [0.2, 0.25) is 5.02 Å². The van der Waals surface area contributed by atoms with Gasteiger partial charge in [0.2, 0.25) is 5.91 Å². The number of carbonyl (C=O) groups excluding carboxylic acids is 2. The number of aliphatic carboxylic acids is 1. The summed E-state index contributed by atoms with van der Waals surface area (Å²) in [6.45, 7) is 3.56. The molecule has 166 valence electrons. The van der Waals surface area contributed by atoms with Crippen molar-refractivity contribution in [3.63, 3.8) is 0 Å². The van der Waals surface area contributed by atoms with Gasteiger partial charge in [0.05, 0.1) is 33.9 Å². The number of aliphatic hydroxyl groups excluding tert-OH is 1. The number of carboxylic acid groups (broad SMARTS) is 1. The van der Waals surface area contributed by atoms with Crippen molar-refractivity contribution in [2.45, 2.75) is 27.3 Å². The topological polar surface area (TPSA) is 98.2 Å². The highest BCUT2D eigenvalue weighted by Gasteiger charge is 2.76. The van der Waals surface area contributed by atoms with Gasteiger partial charge in [-0.05, 0) is 18.6 Å². The van der Waals surface area contributed by atoms with Crippen LogP contribution in [-0.2, 0) is 14.4 Å². The zero-order valence-corrected chi connectivity index (χ0v) is 19.6. The molecule has 10 heteroatoms. The summed E-state index contributed by atoms with van der Waals surface area (Å²) in [6.07, 6.45) is 2.07. The third-order valence-electron chi connectivity index (χ3n) is 6.37. The number of rotatable bonds is 7. The first-order chi connectivity index (χ1) is 14.8. The number of nitrogens with zero attached hydrogens (tertiary/aromatic N) is 2. The van der Waals surface area contributed by atoms with Crippen molar-refractivity contribution in [2.75, 3.05) is 24.6 Å². The van der Waals surface area contributed by atoms with E-state index in [9.17, 15) is 24.6 Å². The van der Waals surface area contributed by atoms with Gasteiger partial charge in [0.15, 0.2) is 0 Å². The van der Waals surface area contributed by atoms with E-state index in [1.165, 1.54) is 21.6 Å². The molecule has 3 aliphatic rings. The van der Waals surface area contributed by atoms with Crippen LogP contribution in [0.25, 0.3) is 0 Å². The summed E-state index contributed by atoms with van der Waals surface area (Å²) in [5, 5.41) is 19.6. The van der Waals surface area contributed by atoms with Crippen molar-refractivity contribution in [1.82, 2.24) is 4.90 Å². The van der Waals surface area contributed by atoms with Crippen molar-refractivity contribution < 1.29 is 24.6 Å². The maximum absolute atomic E-state index is 14.0. The quantitative estimate of drug-likeness (QED) is 0.416. The van der Waals surface area contributed by atoms with Gasteiger partial charge in [-0.15, -0.1) is 18.3 Å². The third kappa shape index (κ3) is 3.32. The number of carboxylic acids is 1. The van der Waals surface area contributed by atoms with Gasteiger partial charge in [-0.25, -0.2) is 0 Å². The van der Waals surface area contributed by atoms with Crippen LogP contribution >= 0.6 is 39.3 Å². The Kier molecular flexibility index (Phi) is 6.15. The van der Waals surface area contributed by atoms with Crippen LogP contribution in [0.15, 0.2) is 36.9 Å². The molecule has 2 N–H and O–H groups in total. The highest BCUT2D eigenvalue weighted by Crippen LogP contribution is 2.67. The number of amides is 2. The second kappa shape index (κ2) is 8.42. The maximum Gasteiger partial charge on any atom is 0.308 e. The number of hydrogen-bond acceptors (Lipinski definition) is 5. The first-order valence-corrected chi connectivity index (χ1v) is 12.1. The number of halogens is 2. The third-order valence-corrected chi connectivity index (χ3v) is 9.91. The molecule has 1 spiro atoms. The summed E-state index contributed by atoms with van der Waals surface area (Å²) in [4.78, 5) is 42.2. The van der Waals surface area contributed by atoms with Gasteiger partial charge in [-0.1, -0.05) is 45.7 Å². The van der Waals surface area contributed by atoms with E-state index < -0.39 is 28.6 Å². The van der Waals surface area contributed by atoms with Crippen LogP contribution in [0, 0.1) is 11.8 Å². The lowest BCUT2D eigenvalue weighted by atomic mass is 9.71. The van der Waals surface area contributed by atoms with Gasteiger partial charge in [0.25, 0.3) is 5.91 Å². The standard InChI is InChI=1S/C21H22BrClN2O5S/c1-2-7-24(13-6-4-3-5-12(13)23)19(28)17-21-10-11(22)16(31-21)14(20(29)30)15(21)18(27)25(17)8-9-26/h2-6,11,14-17,26H,1,7-10H2,(H,29,30)/t11?,14-,15+,16-,17?,21?/m1/s1. The van der Waals surface area contributed by atoms with Gasteiger partial charge in [-0.2, -0.15) is 0 Å². The Labute approximate surface area is 197 Å². The molecule has 3 heterocycles. The molecule has 3 unspecified atom stereocenters. The zero-order chi connectivity index (χ0) is 22.5. The second-order valence-electron chi connectivity index (χ2n) is 7.95. The number of β-amino-alcohol motifs (C(OH)–C–C–N with tert-alkyl or cyclic N) is 1. The summed E-state index contributed by atoms with van der Waals surface area (Å²) < 4.78 is -0.883. The number of aliphatic hydroxyl groups is 1. The minimum absolute atomic E-state index is 0.0392. The van der Waals surface area contributed by atoms with Crippen LogP contribution in [-0.4, -0.2) is 73.5 Å². The van der Waals surface area contributed by atoms with E-state index in [0.717, 1.165) is 0 Å². The number of hydrogen-bond donors (Lipinski definition) is 2. The lowest BCUT2D eigenvalue weighted by Gasteiger charge is -2.37. The molecule has 3 aliphatic heterocycles. The molecular weight excluding hydrogens is 508 g/mol. The molecule has 1 aromatic carbocycles. The average Bonchev–Trinajstić information content (AvgIpc) is 3.31. The van der Waals surface area contributed by atoms with E-state index in [1.807, 2.05) is 0 Å². The summed E-state index contributed by atoms with van der Waals surface area (Å²) in [6, 6.07) is 6.01. The Morgan fingerprint density at radius 3 is 2.74 bits per heavy atom. The van der Waals surface area contributed by atoms with E-state index in [0.29, 0.717) is 17.1 Å². The highest BCUT2D eigenvalue weighted by atomic mass is 79.9. The number of alkyl halides is 1. The SMILES string of the molecule is C=CCN(C(=O)C1N(CCO)C(=O)[C@@H]2[C@@H](C(=O)O)[C@@H]3SC12CC3Br)c1ccccc1Cl. The summed E-state index contributed by atoms with van der Waals surface area (Å²) in [5.41, 5.74) is 0.494. The Morgan fingerprint density at radius 2 is 2.13 bits per heavy atom. The highest BCUT2D eigenvalue weighted by molar-refractivity contribution is 9.09. The van der Waals surface area contributed by atoms with Gasteiger partial charge < -0.3 is 20.0 Å². The molecule has 0 saturated carbocycles. The molecular formula is C21H22BrClN2O5S. The smallest absolute Gasteiger partial charge is 0.308 e. The van der Waals surface area contributed by atoms with Gasteiger partial charge >= 0.3 is 5.97 Å². The molecule has 6 atom stereocenters. The van der Waals surface area contributed by atoms with Crippen LogP contribution in [0.4, 0.5) is 5.69 Å². The molecule has 2 amide bonds.